The Hall–Kier alpha value is -0.0400. The lowest BCUT2D eigenvalue weighted by Crippen LogP contribution is -2.33. The van der Waals surface area contributed by atoms with Crippen molar-refractivity contribution < 1.29 is 0 Å². The van der Waals surface area contributed by atoms with E-state index in [1.807, 2.05) is 0 Å². The summed E-state index contributed by atoms with van der Waals surface area (Å²) in [6, 6.07) is 0.837. The van der Waals surface area contributed by atoms with E-state index >= 15 is 0 Å². The van der Waals surface area contributed by atoms with Gasteiger partial charge in [0.05, 0.1) is 0 Å². The van der Waals surface area contributed by atoms with Crippen molar-refractivity contribution in [2.75, 3.05) is 13.6 Å². The number of likely N-dealkylation sites (tertiary alicyclic amines) is 1. The largest absolute Gasteiger partial charge is 0.304 e. The van der Waals surface area contributed by atoms with Crippen LogP contribution in [-0.4, -0.2) is 24.5 Å². The molecule has 1 saturated heterocycles. The molecule has 1 atom stereocenters. The Balaban J connectivity index is 0.000000640. The molecule has 1 heteroatoms. The molecule has 0 aromatic carbocycles. The van der Waals surface area contributed by atoms with Crippen molar-refractivity contribution in [1.29, 1.82) is 0 Å². The zero-order valence-electron chi connectivity index (χ0n) is 5.85. The van der Waals surface area contributed by atoms with Crippen LogP contribution in [0.25, 0.3) is 0 Å². The highest BCUT2D eigenvalue weighted by atomic mass is 15.1. The molecule has 1 nitrogen and oxygen atoms in total. The minimum Gasteiger partial charge on any atom is -0.304 e. The second-order valence-corrected chi connectivity index (χ2v) is 2.83. The van der Waals surface area contributed by atoms with Gasteiger partial charge in [0, 0.05) is 6.04 Å². The van der Waals surface area contributed by atoms with Crippen molar-refractivity contribution in [3.8, 4) is 0 Å². The smallest absolute Gasteiger partial charge is 0.00638 e. The maximum absolute atomic E-state index is 2.43. The predicted octanol–water partition coefficient (Wildman–Crippen LogP) is 2.13. The van der Waals surface area contributed by atoms with Crippen LogP contribution in [0.3, 0.4) is 0 Å². The molecule has 1 aliphatic heterocycles. The van der Waals surface area contributed by atoms with Crippen LogP contribution in [0.2, 0.25) is 0 Å². The van der Waals surface area contributed by atoms with Crippen molar-refractivity contribution in [1.82, 2.24) is 4.90 Å². The molecule has 1 aliphatic rings. The Morgan fingerprint density at radius 1 is 1.33 bits per heavy atom. The quantitative estimate of drug-likeness (QED) is 0.484. The fourth-order valence-electron chi connectivity index (χ4n) is 1.24. The van der Waals surface area contributed by atoms with Crippen LogP contribution in [0.1, 0.15) is 33.6 Å². The van der Waals surface area contributed by atoms with Gasteiger partial charge in [-0.2, -0.15) is 0 Å². The van der Waals surface area contributed by atoms with Crippen LogP contribution in [0.15, 0.2) is 0 Å². The molecule has 0 aromatic rings. The van der Waals surface area contributed by atoms with Crippen molar-refractivity contribution in [2.24, 2.45) is 0 Å². The standard InChI is InChI=1S/C7H15N.CH4/c1-7-5-3-4-6-8(7)2;/h7H,3-6H2,1-2H3;1H4. The minimum absolute atomic E-state index is 0. The van der Waals surface area contributed by atoms with Crippen molar-refractivity contribution in [3.05, 3.63) is 0 Å². The first-order valence-electron chi connectivity index (χ1n) is 3.51. The zero-order valence-corrected chi connectivity index (χ0v) is 5.85. The summed E-state index contributed by atoms with van der Waals surface area (Å²) in [6.07, 6.45) is 4.24. The van der Waals surface area contributed by atoms with Gasteiger partial charge >= 0.3 is 0 Å². The molecule has 1 unspecified atom stereocenters. The van der Waals surface area contributed by atoms with E-state index in [9.17, 15) is 0 Å². The summed E-state index contributed by atoms with van der Waals surface area (Å²) < 4.78 is 0. The van der Waals surface area contributed by atoms with Gasteiger partial charge in [-0.05, 0) is 33.4 Å². The molecule has 0 radical (unpaired) electrons. The number of hydrogen-bond donors (Lipinski definition) is 0. The summed E-state index contributed by atoms with van der Waals surface area (Å²) in [6.45, 7) is 3.61. The van der Waals surface area contributed by atoms with E-state index in [1.165, 1.54) is 25.8 Å². The maximum Gasteiger partial charge on any atom is 0.00638 e. The highest BCUT2D eigenvalue weighted by Gasteiger charge is 2.12. The molecule has 0 saturated carbocycles. The van der Waals surface area contributed by atoms with Crippen LogP contribution < -0.4 is 0 Å². The van der Waals surface area contributed by atoms with E-state index in [0.29, 0.717) is 0 Å². The Morgan fingerprint density at radius 2 is 2.00 bits per heavy atom. The third-order valence-electron chi connectivity index (χ3n) is 2.14. The van der Waals surface area contributed by atoms with Crippen LogP contribution in [0.5, 0.6) is 0 Å². The maximum atomic E-state index is 2.43. The minimum atomic E-state index is 0. The van der Waals surface area contributed by atoms with Gasteiger partial charge < -0.3 is 4.90 Å². The number of hydrogen-bond acceptors (Lipinski definition) is 1. The van der Waals surface area contributed by atoms with E-state index < -0.39 is 0 Å². The Morgan fingerprint density at radius 3 is 2.33 bits per heavy atom. The number of rotatable bonds is 0. The number of nitrogens with zero attached hydrogens (tertiary/aromatic N) is 1. The Kier molecular flexibility index (Phi) is 3.87. The van der Waals surface area contributed by atoms with Crippen LogP contribution in [0.4, 0.5) is 0 Å². The van der Waals surface area contributed by atoms with Gasteiger partial charge in [0.15, 0.2) is 0 Å². The summed E-state index contributed by atoms with van der Waals surface area (Å²) >= 11 is 0. The van der Waals surface area contributed by atoms with E-state index in [0.717, 1.165) is 6.04 Å². The fourth-order valence-corrected chi connectivity index (χ4v) is 1.24. The van der Waals surface area contributed by atoms with Gasteiger partial charge in [0.2, 0.25) is 0 Å². The highest BCUT2D eigenvalue weighted by molar-refractivity contribution is 4.68. The molecule has 1 heterocycles. The van der Waals surface area contributed by atoms with Gasteiger partial charge in [-0.3, -0.25) is 0 Å². The topological polar surface area (TPSA) is 3.24 Å². The molecule has 1 fully saturated rings. The first kappa shape index (κ1) is 8.96. The molecule has 56 valence electrons. The van der Waals surface area contributed by atoms with E-state index in [-0.39, 0.29) is 7.43 Å². The van der Waals surface area contributed by atoms with Gasteiger partial charge in [-0.1, -0.05) is 13.8 Å². The van der Waals surface area contributed by atoms with Crippen molar-refractivity contribution in [2.45, 2.75) is 39.7 Å². The van der Waals surface area contributed by atoms with Crippen molar-refractivity contribution in [3.63, 3.8) is 0 Å². The van der Waals surface area contributed by atoms with Crippen molar-refractivity contribution >= 4 is 0 Å². The average molecular weight is 129 g/mol. The summed E-state index contributed by atoms with van der Waals surface area (Å²) in [5, 5.41) is 0. The molecule has 0 N–H and O–H groups in total. The number of piperidine rings is 1. The van der Waals surface area contributed by atoms with E-state index in [1.54, 1.807) is 0 Å². The third-order valence-corrected chi connectivity index (χ3v) is 2.14. The van der Waals surface area contributed by atoms with Gasteiger partial charge in [0.25, 0.3) is 0 Å². The molecular formula is C8H19N. The lowest BCUT2D eigenvalue weighted by molar-refractivity contribution is 0.200. The first-order valence-corrected chi connectivity index (χ1v) is 3.51. The SMILES string of the molecule is C.CC1CCCCN1C. The van der Waals surface area contributed by atoms with Crippen LogP contribution in [0, 0.1) is 0 Å². The normalized spacial score (nSPS) is 29.3. The fraction of sp³-hybridized carbons (Fsp3) is 1.00. The Bertz CT molecular complexity index is 61.0. The molecule has 0 aliphatic carbocycles. The van der Waals surface area contributed by atoms with E-state index in [2.05, 4.69) is 18.9 Å². The molecule has 0 aromatic heterocycles. The molecule has 0 amide bonds. The van der Waals surface area contributed by atoms with Crippen LogP contribution in [-0.2, 0) is 0 Å². The van der Waals surface area contributed by atoms with Gasteiger partial charge in [0.1, 0.15) is 0 Å². The lowest BCUT2D eigenvalue weighted by atomic mass is 10.1. The van der Waals surface area contributed by atoms with Gasteiger partial charge in [-0.25, -0.2) is 0 Å². The van der Waals surface area contributed by atoms with E-state index in [4.69, 9.17) is 0 Å². The molecule has 9 heavy (non-hydrogen) atoms. The first-order chi connectivity index (χ1) is 3.80. The monoisotopic (exact) mass is 129 g/mol. The second-order valence-electron chi connectivity index (χ2n) is 2.83. The second kappa shape index (κ2) is 3.89. The zero-order chi connectivity index (χ0) is 5.98. The lowest BCUT2D eigenvalue weighted by Gasteiger charge is -2.29. The highest BCUT2D eigenvalue weighted by Crippen LogP contribution is 2.13. The summed E-state index contributed by atoms with van der Waals surface area (Å²) in [7, 11) is 2.21. The Labute approximate surface area is 59.1 Å². The average Bonchev–Trinajstić information content (AvgIpc) is 1.77. The molecule has 1 rings (SSSR count). The summed E-state index contributed by atoms with van der Waals surface area (Å²) in [5.74, 6) is 0. The predicted molar refractivity (Wildman–Crippen MR) is 42.7 cm³/mol. The van der Waals surface area contributed by atoms with Gasteiger partial charge in [-0.15, -0.1) is 0 Å². The van der Waals surface area contributed by atoms with Crippen LogP contribution >= 0.6 is 0 Å². The third kappa shape index (κ3) is 2.35. The molecule has 0 spiro atoms. The molecular weight excluding hydrogens is 110 g/mol. The summed E-state index contributed by atoms with van der Waals surface area (Å²) in [4.78, 5) is 2.43. The molecule has 0 bridgehead atoms. The summed E-state index contributed by atoms with van der Waals surface area (Å²) in [5.41, 5.74) is 0.